The minimum atomic E-state index is 0.233. The Hall–Kier alpha value is -0.790. The summed E-state index contributed by atoms with van der Waals surface area (Å²) < 4.78 is 1.88. The maximum Gasteiger partial charge on any atom is 0.0680 e. The molecule has 1 heterocycles. The highest BCUT2D eigenvalue weighted by molar-refractivity contribution is 5.11. The standard InChI is InChI=1S/C11H20N2/c1-5-6-8-11(2,3)10-7-9-13(4)12-10/h7,9H,5-6,8H2,1-4H3. The Morgan fingerprint density at radius 3 is 2.62 bits per heavy atom. The molecule has 74 valence electrons. The molecule has 0 atom stereocenters. The van der Waals surface area contributed by atoms with Gasteiger partial charge < -0.3 is 0 Å². The normalized spacial score (nSPS) is 12.0. The molecule has 0 N–H and O–H groups in total. The van der Waals surface area contributed by atoms with E-state index in [0.717, 1.165) is 0 Å². The molecular formula is C11H20N2. The van der Waals surface area contributed by atoms with Gasteiger partial charge in [-0.1, -0.05) is 33.6 Å². The van der Waals surface area contributed by atoms with E-state index in [9.17, 15) is 0 Å². The van der Waals surface area contributed by atoms with Crippen LogP contribution in [0.4, 0.5) is 0 Å². The third kappa shape index (κ3) is 2.58. The number of aromatic nitrogens is 2. The summed E-state index contributed by atoms with van der Waals surface area (Å²) in [5.41, 5.74) is 1.44. The summed E-state index contributed by atoms with van der Waals surface area (Å²) in [6.45, 7) is 6.77. The first-order valence-electron chi connectivity index (χ1n) is 5.06. The lowest BCUT2D eigenvalue weighted by Gasteiger charge is -2.21. The zero-order valence-corrected chi connectivity index (χ0v) is 9.17. The average Bonchev–Trinajstić information content (AvgIpc) is 2.49. The van der Waals surface area contributed by atoms with Gasteiger partial charge in [-0.05, 0) is 12.5 Å². The van der Waals surface area contributed by atoms with Crippen LogP contribution in [-0.2, 0) is 12.5 Å². The maximum atomic E-state index is 4.45. The van der Waals surface area contributed by atoms with Gasteiger partial charge in [0.15, 0.2) is 0 Å². The first-order valence-corrected chi connectivity index (χ1v) is 5.06. The fourth-order valence-electron chi connectivity index (χ4n) is 1.52. The first-order chi connectivity index (χ1) is 6.06. The largest absolute Gasteiger partial charge is 0.276 e. The van der Waals surface area contributed by atoms with Crippen molar-refractivity contribution < 1.29 is 0 Å². The van der Waals surface area contributed by atoms with Crippen molar-refractivity contribution >= 4 is 0 Å². The van der Waals surface area contributed by atoms with Crippen LogP contribution < -0.4 is 0 Å². The molecule has 0 saturated heterocycles. The van der Waals surface area contributed by atoms with Gasteiger partial charge in [0.25, 0.3) is 0 Å². The van der Waals surface area contributed by atoms with Gasteiger partial charge in [0, 0.05) is 18.7 Å². The number of hydrogen-bond donors (Lipinski definition) is 0. The Balaban J connectivity index is 2.68. The van der Waals surface area contributed by atoms with E-state index in [1.54, 1.807) is 0 Å². The van der Waals surface area contributed by atoms with E-state index < -0.39 is 0 Å². The Bertz CT molecular complexity index is 261. The van der Waals surface area contributed by atoms with E-state index in [-0.39, 0.29) is 5.41 Å². The molecule has 0 spiro atoms. The van der Waals surface area contributed by atoms with Crippen LogP contribution >= 0.6 is 0 Å². The Morgan fingerprint density at radius 1 is 1.46 bits per heavy atom. The summed E-state index contributed by atoms with van der Waals surface area (Å²) in [4.78, 5) is 0. The Kier molecular flexibility index (Phi) is 3.12. The second-order valence-electron chi connectivity index (χ2n) is 4.36. The Morgan fingerprint density at radius 2 is 2.15 bits per heavy atom. The second kappa shape index (κ2) is 3.95. The maximum absolute atomic E-state index is 4.45. The average molecular weight is 180 g/mol. The summed E-state index contributed by atoms with van der Waals surface area (Å²) in [5, 5.41) is 4.45. The van der Waals surface area contributed by atoms with Gasteiger partial charge in [-0.15, -0.1) is 0 Å². The van der Waals surface area contributed by atoms with Crippen LogP contribution in [-0.4, -0.2) is 9.78 Å². The number of aryl methyl sites for hydroxylation is 1. The summed E-state index contributed by atoms with van der Waals surface area (Å²) >= 11 is 0. The van der Waals surface area contributed by atoms with Gasteiger partial charge in [-0.3, -0.25) is 4.68 Å². The monoisotopic (exact) mass is 180 g/mol. The van der Waals surface area contributed by atoms with Crippen molar-refractivity contribution in [1.82, 2.24) is 9.78 Å². The van der Waals surface area contributed by atoms with Crippen molar-refractivity contribution in [2.45, 2.75) is 45.4 Å². The highest BCUT2D eigenvalue weighted by atomic mass is 15.2. The number of unbranched alkanes of at least 4 members (excludes halogenated alkanes) is 1. The van der Waals surface area contributed by atoms with E-state index in [1.165, 1.54) is 25.0 Å². The van der Waals surface area contributed by atoms with E-state index in [4.69, 9.17) is 0 Å². The molecule has 0 saturated carbocycles. The van der Waals surface area contributed by atoms with Crippen molar-refractivity contribution in [3.63, 3.8) is 0 Å². The van der Waals surface area contributed by atoms with Gasteiger partial charge in [-0.25, -0.2) is 0 Å². The molecule has 2 nitrogen and oxygen atoms in total. The molecule has 0 aliphatic heterocycles. The zero-order chi connectivity index (χ0) is 9.90. The van der Waals surface area contributed by atoms with Crippen molar-refractivity contribution in [3.8, 4) is 0 Å². The molecule has 0 radical (unpaired) electrons. The van der Waals surface area contributed by atoms with Gasteiger partial charge in [0.2, 0.25) is 0 Å². The quantitative estimate of drug-likeness (QED) is 0.696. The second-order valence-corrected chi connectivity index (χ2v) is 4.36. The molecule has 0 bridgehead atoms. The summed E-state index contributed by atoms with van der Waals surface area (Å²) in [5.74, 6) is 0. The molecule has 0 amide bonds. The van der Waals surface area contributed by atoms with Crippen LogP contribution in [0.25, 0.3) is 0 Å². The summed E-state index contributed by atoms with van der Waals surface area (Å²) in [6, 6.07) is 2.12. The number of nitrogens with zero attached hydrogens (tertiary/aromatic N) is 2. The molecule has 0 aromatic carbocycles. The van der Waals surface area contributed by atoms with Crippen LogP contribution in [0.5, 0.6) is 0 Å². The smallest absolute Gasteiger partial charge is 0.0680 e. The van der Waals surface area contributed by atoms with Crippen LogP contribution in [0, 0.1) is 0 Å². The minimum Gasteiger partial charge on any atom is -0.276 e. The Labute approximate surface area is 81.0 Å². The lowest BCUT2D eigenvalue weighted by atomic mass is 9.84. The van der Waals surface area contributed by atoms with Crippen LogP contribution in [0.15, 0.2) is 12.3 Å². The van der Waals surface area contributed by atoms with Gasteiger partial charge in [-0.2, -0.15) is 5.10 Å². The zero-order valence-electron chi connectivity index (χ0n) is 9.17. The minimum absolute atomic E-state index is 0.233. The van der Waals surface area contributed by atoms with Crippen LogP contribution in [0.2, 0.25) is 0 Å². The lowest BCUT2D eigenvalue weighted by Crippen LogP contribution is -2.18. The van der Waals surface area contributed by atoms with Gasteiger partial charge in [0.05, 0.1) is 5.69 Å². The number of rotatable bonds is 4. The molecule has 0 fully saturated rings. The fourth-order valence-corrected chi connectivity index (χ4v) is 1.52. The number of hydrogen-bond acceptors (Lipinski definition) is 1. The lowest BCUT2D eigenvalue weighted by molar-refractivity contribution is 0.440. The van der Waals surface area contributed by atoms with Gasteiger partial charge >= 0.3 is 0 Å². The molecular weight excluding hydrogens is 160 g/mol. The molecule has 1 rings (SSSR count). The van der Waals surface area contributed by atoms with Crippen molar-refractivity contribution in [2.24, 2.45) is 7.05 Å². The molecule has 0 aliphatic rings. The molecule has 0 unspecified atom stereocenters. The first kappa shape index (κ1) is 10.3. The third-order valence-electron chi connectivity index (χ3n) is 2.56. The summed E-state index contributed by atoms with van der Waals surface area (Å²) in [7, 11) is 1.97. The SMILES string of the molecule is CCCCC(C)(C)c1ccn(C)n1. The molecule has 1 aromatic rings. The molecule has 2 heteroatoms. The highest BCUT2D eigenvalue weighted by Crippen LogP contribution is 2.27. The molecule has 13 heavy (non-hydrogen) atoms. The fraction of sp³-hybridized carbons (Fsp3) is 0.727. The van der Waals surface area contributed by atoms with E-state index in [0.29, 0.717) is 0 Å². The topological polar surface area (TPSA) is 17.8 Å². The third-order valence-corrected chi connectivity index (χ3v) is 2.56. The molecule has 0 aliphatic carbocycles. The van der Waals surface area contributed by atoms with Gasteiger partial charge in [0.1, 0.15) is 0 Å². The van der Waals surface area contributed by atoms with Crippen molar-refractivity contribution in [1.29, 1.82) is 0 Å². The van der Waals surface area contributed by atoms with Crippen molar-refractivity contribution in [3.05, 3.63) is 18.0 Å². The van der Waals surface area contributed by atoms with Crippen LogP contribution in [0.3, 0.4) is 0 Å². The predicted octanol–water partition coefficient (Wildman–Crippen LogP) is 2.89. The van der Waals surface area contributed by atoms with E-state index >= 15 is 0 Å². The van der Waals surface area contributed by atoms with E-state index in [1.807, 2.05) is 17.9 Å². The van der Waals surface area contributed by atoms with E-state index in [2.05, 4.69) is 31.9 Å². The predicted molar refractivity (Wildman–Crippen MR) is 55.8 cm³/mol. The van der Waals surface area contributed by atoms with Crippen molar-refractivity contribution in [2.75, 3.05) is 0 Å². The van der Waals surface area contributed by atoms with Crippen LogP contribution in [0.1, 0.15) is 45.7 Å². The highest BCUT2D eigenvalue weighted by Gasteiger charge is 2.21. The molecule has 1 aromatic heterocycles. The summed E-state index contributed by atoms with van der Waals surface area (Å²) in [6.07, 6.45) is 5.78.